The molecule has 0 fully saturated rings. The molecular weight excluding hydrogens is 356 g/mol. The van der Waals surface area contributed by atoms with Crippen molar-refractivity contribution in [3.8, 4) is 0 Å². The van der Waals surface area contributed by atoms with Crippen LogP contribution in [0.4, 0.5) is 17.6 Å². The number of halogens is 4. The standard InChI is InChI=1S/C17H10F4N2OS/c18-9-2-3-10-11(5-9)17(23-16(24)12(10)6-22)25-7-8-1-4-13(19)15(21)14(8)20/h1-6,22H,7H2,(H,23,24). The van der Waals surface area contributed by atoms with Gasteiger partial charge in [-0.2, -0.15) is 0 Å². The molecule has 0 saturated heterocycles. The zero-order chi connectivity index (χ0) is 18.1. The summed E-state index contributed by atoms with van der Waals surface area (Å²) in [7, 11) is 0. The van der Waals surface area contributed by atoms with Gasteiger partial charge in [0.1, 0.15) is 5.82 Å². The Bertz CT molecular complexity index is 1050. The summed E-state index contributed by atoms with van der Waals surface area (Å²) in [6.07, 6.45) is 0.864. The van der Waals surface area contributed by atoms with Crippen LogP contribution >= 0.6 is 11.8 Å². The largest absolute Gasteiger partial charge is 0.316 e. The Labute approximate surface area is 143 Å². The van der Waals surface area contributed by atoms with Crippen LogP contribution in [0, 0.1) is 28.7 Å². The molecule has 8 heteroatoms. The van der Waals surface area contributed by atoms with Gasteiger partial charge in [0.15, 0.2) is 17.5 Å². The Balaban J connectivity index is 2.05. The number of aromatic nitrogens is 1. The second-order valence-corrected chi connectivity index (χ2v) is 6.14. The molecule has 0 aliphatic carbocycles. The van der Waals surface area contributed by atoms with Crippen molar-refractivity contribution in [2.75, 3.05) is 0 Å². The highest BCUT2D eigenvalue weighted by atomic mass is 32.2. The molecule has 128 valence electrons. The van der Waals surface area contributed by atoms with Crippen molar-refractivity contribution in [2.24, 2.45) is 0 Å². The zero-order valence-corrected chi connectivity index (χ0v) is 13.3. The SMILES string of the molecule is N=Cc1c(=O)[nH]c(SCc2ccc(F)c(F)c2F)c2cc(F)ccc12. The molecule has 3 rings (SSSR count). The maximum absolute atomic E-state index is 13.8. The van der Waals surface area contributed by atoms with Gasteiger partial charge in [0, 0.05) is 22.9 Å². The van der Waals surface area contributed by atoms with Crippen LogP contribution in [0.25, 0.3) is 10.8 Å². The summed E-state index contributed by atoms with van der Waals surface area (Å²) in [5.41, 5.74) is -0.578. The molecule has 1 heterocycles. The van der Waals surface area contributed by atoms with Crippen molar-refractivity contribution in [2.45, 2.75) is 10.8 Å². The lowest BCUT2D eigenvalue weighted by Crippen LogP contribution is -2.13. The third-order valence-corrected chi connectivity index (χ3v) is 4.69. The zero-order valence-electron chi connectivity index (χ0n) is 12.5. The van der Waals surface area contributed by atoms with E-state index < -0.39 is 28.8 Å². The number of rotatable bonds is 4. The Morgan fingerprint density at radius 3 is 2.52 bits per heavy atom. The van der Waals surface area contributed by atoms with Crippen molar-refractivity contribution in [3.05, 3.63) is 75.1 Å². The van der Waals surface area contributed by atoms with Gasteiger partial charge in [0.25, 0.3) is 5.56 Å². The lowest BCUT2D eigenvalue weighted by Gasteiger charge is -2.09. The highest BCUT2D eigenvalue weighted by Crippen LogP contribution is 2.30. The van der Waals surface area contributed by atoms with Crippen LogP contribution in [0.1, 0.15) is 11.1 Å². The second-order valence-electron chi connectivity index (χ2n) is 5.15. The fraction of sp³-hybridized carbons (Fsp3) is 0.0588. The molecule has 0 radical (unpaired) electrons. The summed E-state index contributed by atoms with van der Waals surface area (Å²) in [6.45, 7) is 0. The predicted octanol–water partition coefficient (Wildman–Crippen LogP) is 4.37. The van der Waals surface area contributed by atoms with Gasteiger partial charge in [-0.25, -0.2) is 17.6 Å². The number of benzene rings is 2. The molecule has 3 nitrogen and oxygen atoms in total. The van der Waals surface area contributed by atoms with E-state index in [1.165, 1.54) is 12.1 Å². The normalized spacial score (nSPS) is 11.0. The van der Waals surface area contributed by atoms with E-state index in [1.54, 1.807) is 0 Å². The van der Waals surface area contributed by atoms with Crippen molar-refractivity contribution in [1.82, 2.24) is 4.98 Å². The van der Waals surface area contributed by atoms with Crippen LogP contribution < -0.4 is 5.56 Å². The molecule has 0 spiro atoms. The van der Waals surface area contributed by atoms with Crippen LogP contribution in [-0.4, -0.2) is 11.2 Å². The van der Waals surface area contributed by atoms with Crippen molar-refractivity contribution in [1.29, 1.82) is 5.41 Å². The molecule has 0 unspecified atom stereocenters. The Hall–Kier alpha value is -2.61. The summed E-state index contributed by atoms with van der Waals surface area (Å²) in [5, 5.41) is 8.28. The summed E-state index contributed by atoms with van der Waals surface area (Å²) in [5.74, 6) is -4.81. The Morgan fingerprint density at radius 2 is 1.80 bits per heavy atom. The third-order valence-electron chi connectivity index (χ3n) is 3.62. The van der Waals surface area contributed by atoms with Gasteiger partial charge in [-0.15, -0.1) is 11.8 Å². The first-order chi connectivity index (χ1) is 11.9. The van der Waals surface area contributed by atoms with Crippen LogP contribution in [-0.2, 0) is 5.75 Å². The average molecular weight is 366 g/mol. The summed E-state index contributed by atoms with van der Waals surface area (Å²) in [6, 6.07) is 5.64. The van der Waals surface area contributed by atoms with Gasteiger partial charge < -0.3 is 10.4 Å². The van der Waals surface area contributed by atoms with E-state index in [0.29, 0.717) is 10.8 Å². The van der Waals surface area contributed by atoms with E-state index in [0.717, 1.165) is 36.2 Å². The quantitative estimate of drug-likeness (QED) is 0.312. The fourth-order valence-electron chi connectivity index (χ4n) is 2.38. The maximum Gasteiger partial charge on any atom is 0.258 e. The van der Waals surface area contributed by atoms with Gasteiger partial charge in [-0.1, -0.05) is 12.1 Å². The molecule has 0 aliphatic rings. The minimum absolute atomic E-state index is 0.0679. The number of nitrogens with one attached hydrogen (secondary N) is 2. The molecular formula is C17H10F4N2OS. The summed E-state index contributed by atoms with van der Waals surface area (Å²) >= 11 is 0.947. The van der Waals surface area contributed by atoms with Crippen LogP contribution in [0.2, 0.25) is 0 Å². The number of aromatic amines is 1. The number of hydrogen-bond acceptors (Lipinski definition) is 3. The summed E-state index contributed by atoms with van der Waals surface area (Å²) in [4.78, 5) is 14.6. The van der Waals surface area contributed by atoms with Crippen LogP contribution in [0.3, 0.4) is 0 Å². The predicted molar refractivity (Wildman–Crippen MR) is 88.3 cm³/mol. The third kappa shape index (κ3) is 3.17. The Kier molecular flexibility index (Phi) is 4.63. The summed E-state index contributed by atoms with van der Waals surface area (Å²) < 4.78 is 53.6. The first-order valence-electron chi connectivity index (χ1n) is 7.03. The van der Waals surface area contributed by atoms with Gasteiger partial charge in [0.05, 0.1) is 10.6 Å². The lowest BCUT2D eigenvalue weighted by molar-refractivity contribution is 0.443. The lowest BCUT2D eigenvalue weighted by atomic mass is 10.1. The second kappa shape index (κ2) is 6.72. The van der Waals surface area contributed by atoms with E-state index in [4.69, 9.17) is 5.41 Å². The first kappa shape index (κ1) is 17.2. The minimum Gasteiger partial charge on any atom is -0.316 e. The molecule has 0 aliphatic heterocycles. The molecule has 0 amide bonds. The van der Waals surface area contributed by atoms with E-state index in [2.05, 4.69) is 4.98 Å². The molecule has 25 heavy (non-hydrogen) atoms. The van der Waals surface area contributed by atoms with Gasteiger partial charge in [0.2, 0.25) is 0 Å². The number of H-pyrrole nitrogens is 1. The maximum atomic E-state index is 13.8. The van der Waals surface area contributed by atoms with Gasteiger partial charge in [-0.3, -0.25) is 4.79 Å². The average Bonchev–Trinajstić information content (AvgIpc) is 2.59. The molecule has 0 saturated carbocycles. The van der Waals surface area contributed by atoms with Crippen LogP contribution in [0.5, 0.6) is 0 Å². The molecule has 2 aromatic carbocycles. The highest BCUT2D eigenvalue weighted by Gasteiger charge is 2.15. The fourth-order valence-corrected chi connectivity index (χ4v) is 3.40. The molecule has 0 bridgehead atoms. The highest BCUT2D eigenvalue weighted by molar-refractivity contribution is 7.98. The van der Waals surface area contributed by atoms with Crippen molar-refractivity contribution in [3.63, 3.8) is 0 Å². The van der Waals surface area contributed by atoms with Crippen molar-refractivity contribution >= 4 is 28.7 Å². The molecule has 1 aromatic heterocycles. The van der Waals surface area contributed by atoms with E-state index in [9.17, 15) is 22.4 Å². The Morgan fingerprint density at radius 1 is 1.04 bits per heavy atom. The van der Waals surface area contributed by atoms with Gasteiger partial charge >= 0.3 is 0 Å². The number of hydrogen-bond donors (Lipinski definition) is 2. The number of thioether (sulfide) groups is 1. The van der Waals surface area contributed by atoms with Crippen molar-refractivity contribution < 1.29 is 17.6 Å². The monoisotopic (exact) mass is 366 g/mol. The molecule has 3 aromatic rings. The first-order valence-corrected chi connectivity index (χ1v) is 8.02. The van der Waals surface area contributed by atoms with E-state index >= 15 is 0 Å². The minimum atomic E-state index is -1.57. The topological polar surface area (TPSA) is 56.7 Å². The van der Waals surface area contributed by atoms with E-state index in [1.807, 2.05) is 0 Å². The number of pyridine rings is 1. The molecule has 0 atom stereocenters. The van der Waals surface area contributed by atoms with E-state index in [-0.39, 0.29) is 21.9 Å². The van der Waals surface area contributed by atoms with Gasteiger partial charge in [-0.05, 0) is 23.6 Å². The van der Waals surface area contributed by atoms with Crippen LogP contribution in [0.15, 0.2) is 40.2 Å². The number of fused-ring (bicyclic) bond motifs is 1. The smallest absolute Gasteiger partial charge is 0.258 e. The molecule has 2 N–H and O–H groups in total.